The minimum absolute atomic E-state index is 0.0680. The number of hydrazone groups is 1. The number of hydrogen-bond donors (Lipinski definition) is 2. The molecule has 148 valence electrons. The molecule has 1 aliphatic rings. The molecule has 0 bridgehead atoms. The Morgan fingerprint density at radius 1 is 1.32 bits per heavy atom. The van der Waals surface area contributed by atoms with Gasteiger partial charge in [0.1, 0.15) is 5.56 Å². The molecule has 28 heavy (non-hydrogen) atoms. The van der Waals surface area contributed by atoms with Gasteiger partial charge in [0, 0.05) is 24.4 Å². The topological polar surface area (TPSA) is 108 Å². The van der Waals surface area contributed by atoms with E-state index in [1.54, 1.807) is 0 Å². The number of rotatable bonds is 5. The Morgan fingerprint density at radius 2 is 2.00 bits per heavy atom. The normalized spacial score (nSPS) is 16.3. The van der Waals surface area contributed by atoms with Gasteiger partial charge in [0.15, 0.2) is 0 Å². The fourth-order valence-corrected chi connectivity index (χ4v) is 3.50. The molecule has 0 saturated heterocycles. The van der Waals surface area contributed by atoms with E-state index in [0.717, 1.165) is 21.0 Å². The molecule has 9 heteroatoms. The molecule has 1 aliphatic heterocycles. The van der Waals surface area contributed by atoms with Crippen molar-refractivity contribution in [2.24, 2.45) is 5.10 Å². The van der Waals surface area contributed by atoms with Crippen LogP contribution in [-0.2, 0) is 11.3 Å². The number of hydrogen-bond acceptors (Lipinski definition) is 5. The SMILES string of the molecule is CCCCn1c(O)c(C2=NN(C(C)=O)[C@@H](c3ccc(Br)cc3)C2)c(=O)[nH]c1=O. The second-order valence-corrected chi connectivity index (χ2v) is 7.56. The van der Waals surface area contributed by atoms with Crippen LogP contribution in [0.4, 0.5) is 0 Å². The van der Waals surface area contributed by atoms with Crippen molar-refractivity contribution in [3.8, 4) is 5.88 Å². The molecule has 0 radical (unpaired) electrons. The number of aromatic nitrogens is 2. The number of nitrogens with zero attached hydrogens (tertiary/aromatic N) is 3. The van der Waals surface area contributed by atoms with Crippen molar-refractivity contribution in [2.45, 2.75) is 45.7 Å². The number of aromatic hydroxyl groups is 1. The first-order valence-corrected chi connectivity index (χ1v) is 9.82. The summed E-state index contributed by atoms with van der Waals surface area (Å²) in [5.41, 5.74) is -0.318. The molecule has 0 spiro atoms. The number of unbranched alkanes of at least 4 members (excludes halogenated alkanes) is 1. The Hall–Kier alpha value is -2.68. The molecule has 8 nitrogen and oxygen atoms in total. The van der Waals surface area contributed by atoms with Gasteiger partial charge in [-0.1, -0.05) is 41.4 Å². The first kappa shape index (κ1) is 20.1. The molecule has 0 fully saturated rings. The maximum atomic E-state index is 12.4. The Bertz CT molecular complexity index is 1040. The summed E-state index contributed by atoms with van der Waals surface area (Å²) < 4.78 is 2.04. The summed E-state index contributed by atoms with van der Waals surface area (Å²) in [7, 11) is 0. The lowest BCUT2D eigenvalue weighted by atomic mass is 9.99. The molecule has 2 N–H and O–H groups in total. The third kappa shape index (κ3) is 3.80. The number of amides is 1. The van der Waals surface area contributed by atoms with Gasteiger partial charge in [-0.25, -0.2) is 9.80 Å². The van der Waals surface area contributed by atoms with Crippen molar-refractivity contribution in [3.63, 3.8) is 0 Å². The van der Waals surface area contributed by atoms with Gasteiger partial charge in [-0.3, -0.25) is 19.1 Å². The zero-order valence-electron chi connectivity index (χ0n) is 15.6. The molecule has 1 amide bonds. The van der Waals surface area contributed by atoms with Crippen LogP contribution in [0.2, 0.25) is 0 Å². The van der Waals surface area contributed by atoms with Gasteiger partial charge in [-0.05, 0) is 24.1 Å². The van der Waals surface area contributed by atoms with E-state index >= 15 is 0 Å². The predicted octanol–water partition coefficient (Wildman–Crippen LogP) is 2.50. The van der Waals surface area contributed by atoms with Crippen LogP contribution in [-0.4, -0.2) is 31.3 Å². The van der Waals surface area contributed by atoms with Crippen molar-refractivity contribution in [2.75, 3.05) is 0 Å². The molecular weight excluding hydrogens is 428 g/mol. The minimum atomic E-state index is -0.714. The number of carbonyl (C=O) groups is 1. The van der Waals surface area contributed by atoms with E-state index < -0.39 is 23.2 Å². The highest BCUT2D eigenvalue weighted by atomic mass is 79.9. The van der Waals surface area contributed by atoms with Crippen LogP contribution in [0.3, 0.4) is 0 Å². The number of halogens is 1. The maximum Gasteiger partial charge on any atom is 0.331 e. The Balaban J connectivity index is 2.05. The summed E-state index contributed by atoms with van der Waals surface area (Å²) in [6.07, 6.45) is 1.75. The Labute approximate surface area is 169 Å². The molecule has 2 heterocycles. The standard InChI is InChI=1S/C19H21BrN4O4/c1-3-4-9-23-18(27)16(17(26)21-19(23)28)14-10-15(24(22-14)11(2)25)12-5-7-13(20)8-6-12/h5-8,15,27H,3-4,9-10H2,1-2H3,(H,21,26,28)/t15-/m1/s1. The molecule has 0 saturated carbocycles. The molecule has 1 atom stereocenters. The highest BCUT2D eigenvalue weighted by Crippen LogP contribution is 2.34. The minimum Gasteiger partial charge on any atom is -0.494 e. The van der Waals surface area contributed by atoms with E-state index in [4.69, 9.17) is 0 Å². The van der Waals surface area contributed by atoms with Crippen LogP contribution >= 0.6 is 15.9 Å². The second-order valence-electron chi connectivity index (χ2n) is 6.64. The molecule has 1 aromatic heterocycles. The van der Waals surface area contributed by atoms with Crippen LogP contribution in [0.15, 0.2) is 43.4 Å². The van der Waals surface area contributed by atoms with Crippen LogP contribution in [0.5, 0.6) is 5.88 Å². The monoisotopic (exact) mass is 448 g/mol. The summed E-state index contributed by atoms with van der Waals surface area (Å²) in [6.45, 7) is 3.64. The van der Waals surface area contributed by atoms with Crippen molar-refractivity contribution in [1.82, 2.24) is 14.6 Å². The van der Waals surface area contributed by atoms with E-state index in [9.17, 15) is 19.5 Å². The fourth-order valence-electron chi connectivity index (χ4n) is 3.24. The Morgan fingerprint density at radius 3 is 2.61 bits per heavy atom. The first-order chi connectivity index (χ1) is 13.3. The summed E-state index contributed by atoms with van der Waals surface area (Å²) >= 11 is 3.38. The summed E-state index contributed by atoms with van der Waals surface area (Å²) in [5.74, 6) is -0.695. The van der Waals surface area contributed by atoms with Gasteiger partial charge in [-0.2, -0.15) is 5.10 Å². The number of aromatic amines is 1. The van der Waals surface area contributed by atoms with Gasteiger partial charge >= 0.3 is 5.69 Å². The van der Waals surface area contributed by atoms with E-state index in [1.807, 2.05) is 31.2 Å². The van der Waals surface area contributed by atoms with Gasteiger partial charge in [0.25, 0.3) is 5.56 Å². The second kappa shape index (κ2) is 8.14. The van der Waals surface area contributed by atoms with Crippen LogP contribution in [0, 0.1) is 0 Å². The molecule has 3 rings (SSSR count). The van der Waals surface area contributed by atoms with Gasteiger partial charge < -0.3 is 5.11 Å². The third-order valence-electron chi connectivity index (χ3n) is 4.68. The first-order valence-electron chi connectivity index (χ1n) is 9.02. The number of nitrogens with one attached hydrogen (secondary N) is 1. The average molecular weight is 449 g/mol. The van der Waals surface area contributed by atoms with E-state index in [0.29, 0.717) is 6.42 Å². The molecule has 0 aliphatic carbocycles. The van der Waals surface area contributed by atoms with Crippen LogP contribution in [0.1, 0.15) is 50.3 Å². The van der Waals surface area contributed by atoms with E-state index in [2.05, 4.69) is 26.0 Å². The fraction of sp³-hybridized carbons (Fsp3) is 0.368. The van der Waals surface area contributed by atoms with Crippen LogP contribution in [0.25, 0.3) is 0 Å². The Kier molecular flexibility index (Phi) is 5.83. The molecule has 1 aromatic carbocycles. The van der Waals surface area contributed by atoms with Gasteiger partial charge in [0.05, 0.1) is 11.8 Å². The molecule has 2 aromatic rings. The summed E-state index contributed by atoms with van der Waals surface area (Å²) in [4.78, 5) is 38.8. The number of carbonyl (C=O) groups excluding carboxylic acids is 1. The molecular formula is C19H21BrN4O4. The van der Waals surface area contributed by atoms with Crippen molar-refractivity contribution >= 4 is 27.5 Å². The zero-order chi connectivity index (χ0) is 20.4. The average Bonchev–Trinajstić information content (AvgIpc) is 3.07. The lowest BCUT2D eigenvalue weighted by molar-refractivity contribution is -0.130. The highest BCUT2D eigenvalue weighted by molar-refractivity contribution is 9.10. The quantitative estimate of drug-likeness (QED) is 0.732. The summed E-state index contributed by atoms with van der Waals surface area (Å²) in [5, 5.41) is 16.2. The zero-order valence-corrected chi connectivity index (χ0v) is 17.2. The smallest absolute Gasteiger partial charge is 0.331 e. The van der Waals surface area contributed by atoms with Gasteiger partial charge in [-0.15, -0.1) is 0 Å². The van der Waals surface area contributed by atoms with E-state index in [-0.39, 0.29) is 30.1 Å². The largest absolute Gasteiger partial charge is 0.494 e. The summed E-state index contributed by atoms with van der Waals surface area (Å²) in [6, 6.07) is 7.07. The number of benzene rings is 1. The van der Waals surface area contributed by atoms with Crippen molar-refractivity contribution in [1.29, 1.82) is 0 Å². The van der Waals surface area contributed by atoms with Crippen LogP contribution < -0.4 is 11.2 Å². The maximum absolute atomic E-state index is 12.4. The van der Waals surface area contributed by atoms with Crippen molar-refractivity contribution < 1.29 is 9.90 Å². The predicted molar refractivity (Wildman–Crippen MR) is 108 cm³/mol. The molecule has 0 unspecified atom stereocenters. The highest BCUT2D eigenvalue weighted by Gasteiger charge is 2.34. The third-order valence-corrected chi connectivity index (χ3v) is 5.21. The van der Waals surface area contributed by atoms with Gasteiger partial charge in [0.2, 0.25) is 11.8 Å². The number of H-pyrrole nitrogens is 1. The van der Waals surface area contributed by atoms with Crippen molar-refractivity contribution in [3.05, 3.63) is 60.7 Å². The lowest BCUT2D eigenvalue weighted by Crippen LogP contribution is -2.33. The lowest BCUT2D eigenvalue weighted by Gasteiger charge is -2.20. The van der Waals surface area contributed by atoms with E-state index in [1.165, 1.54) is 11.9 Å².